The standard InChI is InChI=1S/C16H15N5/c1-3-8-18-15-13(4-2)11-19-16(21-15)20-14-7-5-6-12(9-14)10-17/h2,5-7,9,11H,3,8H2,1H3,(H2,18,19,20,21). The highest BCUT2D eigenvalue weighted by Gasteiger charge is 2.05. The number of terminal acetylenes is 1. The molecule has 2 aromatic rings. The number of hydrogen-bond donors (Lipinski definition) is 2. The Morgan fingerprint density at radius 3 is 2.95 bits per heavy atom. The highest BCUT2D eigenvalue weighted by atomic mass is 15.1. The van der Waals surface area contributed by atoms with E-state index in [1.165, 1.54) is 0 Å². The van der Waals surface area contributed by atoms with Crippen molar-refractivity contribution in [3.05, 3.63) is 41.6 Å². The van der Waals surface area contributed by atoms with E-state index < -0.39 is 0 Å². The van der Waals surface area contributed by atoms with E-state index in [1.54, 1.807) is 24.4 Å². The smallest absolute Gasteiger partial charge is 0.229 e. The number of benzene rings is 1. The SMILES string of the molecule is C#Cc1cnc(Nc2cccc(C#N)c2)nc1NCCC. The molecule has 0 saturated carbocycles. The van der Waals surface area contributed by atoms with Crippen molar-refractivity contribution >= 4 is 17.5 Å². The zero-order valence-electron chi connectivity index (χ0n) is 11.7. The second-order valence-electron chi connectivity index (χ2n) is 4.34. The molecule has 0 bridgehead atoms. The lowest BCUT2D eigenvalue weighted by molar-refractivity contribution is 0.964. The van der Waals surface area contributed by atoms with Gasteiger partial charge < -0.3 is 10.6 Å². The Kier molecular flexibility index (Phi) is 4.74. The molecule has 2 rings (SSSR count). The molecule has 0 fully saturated rings. The zero-order chi connectivity index (χ0) is 15.1. The molecule has 0 radical (unpaired) electrons. The molecule has 2 N–H and O–H groups in total. The molecule has 0 saturated heterocycles. The molecular weight excluding hydrogens is 262 g/mol. The van der Waals surface area contributed by atoms with Crippen LogP contribution in [0.3, 0.4) is 0 Å². The van der Waals surface area contributed by atoms with Crippen LogP contribution in [-0.4, -0.2) is 16.5 Å². The Bertz CT molecular complexity index is 709. The summed E-state index contributed by atoms with van der Waals surface area (Å²) in [4.78, 5) is 8.55. The first kappa shape index (κ1) is 14.4. The average Bonchev–Trinajstić information content (AvgIpc) is 2.53. The molecule has 5 nitrogen and oxygen atoms in total. The summed E-state index contributed by atoms with van der Waals surface area (Å²) in [7, 11) is 0. The van der Waals surface area contributed by atoms with Crippen LogP contribution in [0, 0.1) is 23.7 Å². The van der Waals surface area contributed by atoms with Crippen LogP contribution in [0.1, 0.15) is 24.5 Å². The maximum absolute atomic E-state index is 8.90. The first-order valence-corrected chi connectivity index (χ1v) is 6.61. The van der Waals surface area contributed by atoms with Crippen LogP contribution >= 0.6 is 0 Å². The largest absolute Gasteiger partial charge is 0.369 e. The lowest BCUT2D eigenvalue weighted by Gasteiger charge is -2.09. The fraction of sp³-hybridized carbons (Fsp3) is 0.188. The fourth-order valence-electron chi connectivity index (χ4n) is 1.72. The Morgan fingerprint density at radius 2 is 2.24 bits per heavy atom. The van der Waals surface area contributed by atoms with Crippen LogP contribution in [0.4, 0.5) is 17.5 Å². The van der Waals surface area contributed by atoms with Crippen molar-refractivity contribution in [1.82, 2.24) is 9.97 Å². The van der Waals surface area contributed by atoms with Gasteiger partial charge in [-0.3, -0.25) is 0 Å². The maximum atomic E-state index is 8.90. The van der Waals surface area contributed by atoms with E-state index in [9.17, 15) is 0 Å². The van der Waals surface area contributed by atoms with Gasteiger partial charge in [-0.05, 0) is 24.6 Å². The Hall–Kier alpha value is -3.05. The Balaban J connectivity index is 2.24. The number of rotatable bonds is 5. The summed E-state index contributed by atoms with van der Waals surface area (Å²) in [6.07, 6.45) is 8.01. The number of nitriles is 1. The summed E-state index contributed by atoms with van der Waals surface area (Å²) in [5, 5.41) is 15.1. The number of anilines is 3. The van der Waals surface area contributed by atoms with E-state index in [1.807, 2.05) is 6.07 Å². The normalized spacial score (nSPS) is 9.48. The van der Waals surface area contributed by atoms with Crippen molar-refractivity contribution in [3.63, 3.8) is 0 Å². The molecule has 0 spiro atoms. The minimum Gasteiger partial charge on any atom is -0.369 e. The molecule has 5 heteroatoms. The van der Waals surface area contributed by atoms with Crippen molar-refractivity contribution in [1.29, 1.82) is 5.26 Å². The van der Waals surface area contributed by atoms with Gasteiger partial charge in [-0.25, -0.2) is 4.98 Å². The fourth-order valence-corrected chi connectivity index (χ4v) is 1.72. The van der Waals surface area contributed by atoms with Gasteiger partial charge in [-0.1, -0.05) is 18.9 Å². The topological polar surface area (TPSA) is 73.6 Å². The van der Waals surface area contributed by atoms with Gasteiger partial charge >= 0.3 is 0 Å². The molecular formula is C16H15N5. The average molecular weight is 277 g/mol. The molecule has 21 heavy (non-hydrogen) atoms. The molecule has 0 aliphatic heterocycles. The van der Waals surface area contributed by atoms with Crippen molar-refractivity contribution in [2.75, 3.05) is 17.2 Å². The van der Waals surface area contributed by atoms with Crippen molar-refractivity contribution < 1.29 is 0 Å². The van der Waals surface area contributed by atoms with E-state index >= 15 is 0 Å². The summed E-state index contributed by atoms with van der Waals surface area (Å²) in [6.45, 7) is 2.85. The minimum absolute atomic E-state index is 0.433. The molecule has 104 valence electrons. The monoisotopic (exact) mass is 277 g/mol. The van der Waals surface area contributed by atoms with Crippen LogP contribution in [0.5, 0.6) is 0 Å². The predicted octanol–water partition coefficient (Wildman–Crippen LogP) is 2.90. The van der Waals surface area contributed by atoms with Crippen molar-refractivity contribution in [2.45, 2.75) is 13.3 Å². The zero-order valence-corrected chi connectivity index (χ0v) is 11.7. The van der Waals surface area contributed by atoms with E-state index in [-0.39, 0.29) is 0 Å². The molecule has 1 heterocycles. The van der Waals surface area contributed by atoms with Crippen molar-refractivity contribution in [3.8, 4) is 18.4 Å². The third-order valence-electron chi connectivity index (χ3n) is 2.73. The Labute approximate surface area is 124 Å². The van der Waals surface area contributed by atoms with Crippen LogP contribution in [0.2, 0.25) is 0 Å². The van der Waals surface area contributed by atoms with Gasteiger partial charge in [-0.15, -0.1) is 6.42 Å². The van der Waals surface area contributed by atoms with Gasteiger partial charge in [0.1, 0.15) is 5.82 Å². The van der Waals surface area contributed by atoms with Crippen LogP contribution < -0.4 is 10.6 Å². The third-order valence-corrected chi connectivity index (χ3v) is 2.73. The van der Waals surface area contributed by atoms with E-state index in [4.69, 9.17) is 11.7 Å². The summed E-state index contributed by atoms with van der Waals surface area (Å²) < 4.78 is 0. The summed E-state index contributed by atoms with van der Waals surface area (Å²) in [5.74, 6) is 3.62. The highest BCUT2D eigenvalue weighted by Crippen LogP contribution is 2.17. The van der Waals surface area contributed by atoms with Crippen LogP contribution in [0.25, 0.3) is 0 Å². The van der Waals surface area contributed by atoms with Gasteiger partial charge in [-0.2, -0.15) is 10.2 Å². The molecule has 1 aromatic heterocycles. The van der Waals surface area contributed by atoms with E-state index in [2.05, 4.69) is 39.5 Å². The predicted molar refractivity (Wildman–Crippen MR) is 83.2 cm³/mol. The number of aromatic nitrogens is 2. The molecule has 0 aliphatic carbocycles. The number of nitrogens with zero attached hydrogens (tertiary/aromatic N) is 3. The third kappa shape index (κ3) is 3.71. The summed E-state index contributed by atoms with van der Waals surface area (Å²) >= 11 is 0. The quantitative estimate of drug-likeness (QED) is 0.822. The molecule has 0 amide bonds. The van der Waals surface area contributed by atoms with Gasteiger partial charge in [0.2, 0.25) is 5.95 Å². The van der Waals surface area contributed by atoms with Gasteiger partial charge in [0, 0.05) is 12.2 Å². The van der Waals surface area contributed by atoms with Crippen molar-refractivity contribution in [2.24, 2.45) is 0 Å². The highest BCUT2D eigenvalue weighted by molar-refractivity contribution is 5.60. The van der Waals surface area contributed by atoms with Gasteiger partial charge in [0.15, 0.2) is 0 Å². The second-order valence-corrected chi connectivity index (χ2v) is 4.34. The maximum Gasteiger partial charge on any atom is 0.229 e. The van der Waals surface area contributed by atoms with E-state index in [0.29, 0.717) is 22.9 Å². The van der Waals surface area contributed by atoms with E-state index in [0.717, 1.165) is 18.7 Å². The summed E-state index contributed by atoms with van der Waals surface area (Å²) in [5.41, 5.74) is 1.95. The summed E-state index contributed by atoms with van der Waals surface area (Å²) in [6, 6.07) is 9.21. The lowest BCUT2D eigenvalue weighted by Crippen LogP contribution is -2.07. The van der Waals surface area contributed by atoms with Crippen LogP contribution in [-0.2, 0) is 0 Å². The first-order valence-electron chi connectivity index (χ1n) is 6.61. The molecule has 0 atom stereocenters. The Morgan fingerprint density at radius 1 is 1.38 bits per heavy atom. The number of nitrogens with one attached hydrogen (secondary N) is 2. The number of hydrogen-bond acceptors (Lipinski definition) is 5. The van der Waals surface area contributed by atoms with Gasteiger partial charge in [0.25, 0.3) is 0 Å². The first-order chi connectivity index (χ1) is 10.3. The lowest BCUT2D eigenvalue weighted by atomic mass is 10.2. The minimum atomic E-state index is 0.433. The van der Waals surface area contributed by atoms with Gasteiger partial charge in [0.05, 0.1) is 23.4 Å². The van der Waals surface area contributed by atoms with Crippen LogP contribution in [0.15, 0.2) is 30.5 Å². The molecule has 1 aromatic carbocycles. The second kappa shape index (κ2) is 6.93. The molecule has 0 aliphatic rings. The molecule has 0 unspecified atom stereocenters.